The van der Waals surface area contributed by atoms with Gasteiger partial charge in [0.15, 0.2) is 0 Å². The van der Waals surface area contributed by atoms with Gasteiger partial charge in [0, 0.05) is 18.8 Å². The van der Waals surface area contributed by atoms with Crippen LogP contribution in [0.4, 0.5) is 0 Å². The molecule has 5 nitrogen and oxygen atoms in total. The minimum atomic E-state index is -0.571. The molecule has 0 aliphatic heterocycles. The molecule has 1 aliphatic carbocycles. The molecule has 0 heterocycles. The molecular formula is C23H40O5. The van der Waals surface area contributed by atoms with Crippen LogP contribution in [0.5, 0.6) is 0 Å². The fraction of sp³-hybridized carbons (Fsp3) is 0.783. The normalized spacial score (nSPS) is 26.5. The van der Waals surface area contributed by atoms with Crippen molar-refractivity contribution in [3.05, 3.63) is 24.3 Å². The highest BCUT2D eigenvalue weighted by molar-refractivity contribution is 5.69. The summed E-state index contributed by atoms with van der Waals surface area (Å²) in [6.07, 6.45) is 13.0. The molecule has 0 aromatic carbocycles. The molecule has 0 bridgehead atoms. The van der Waals surface area contributed by atoms with Crippen LogP contribution in [-0.2, 0) is 9.53 Å². The summed E-state index contributed by atoms with van der Waals surface area (Å²) in [5.41, 5.74) is 0. The smallest absolute Gasteiger partial charge is 0.306 e. The quantitative estimate of drug-likeness (QED) is 0.250. The van der Waals surface area contributed by atoms with Gasteiger partial charge in [-0.3, -0.25) is 4.79 Å². The van der Waals surface area contributed by atoms with E-state index >= 15 is 0 Å². The fourth-order valence-electron chi connectivity index (χ4n) is 3.72. The van der Waals surface area contributed by atoms with Gasteiger partial charge < -0.3 is 20.1 Å². The van der Waals surface area contributed by atoms with Gasteiger partial charge in [0.05, 0.1) is 24.4 Å². The van der Waals surface area contributed by atoms with Crippen molar-refractivity contribution in [3.63, 3.8) is 0 Å². The maximum atomic E-state index is 11.5. The molecular weight excluding hydrogens is 356 g/mol. The van der Waals surface area contributed by atoms with E-state index < -0.39 is 18.3 Å². The van der Waals surface area contributed by atoms with Crippen molar-refractivity contribution >= 4 is 5.97 Å². The van der Waals surface area contributed by atoms with Crippen LogP contribution in [0.25, 0.3) is 0 Å². The number of carbonyl (C=O) groups is 1. The molecule has 0 saturated heterocycles. The molecule has 5 atom stereocenters. The summed E-state index contributed by atoms with van der Waals surface area (Å²) in [5, 5.41) is 30.6. The van der Waals surface area contributed by atoms with Gasteiger partial charge in [0.25, 0.3) is 0 Å². The van der Waals surface area contributed by atoms with E-state index in [4.69, 9.17) is 4.74 Å². The molecule has 162 valence electrons. The minimum absolute atomic E-state index is 0.0451. The Balaban J connectivity index is 2.41. The third-order valence-electron chi connectivity index (χ3n) is 5.27. The molecule has 3 N–H and O–H groups in total. The molecule has 0 aromatic rings. The Morgan fingerprint density at radius 1 is 1.14 bits per heavy atom. The summed E-state index contributed by atoms with van der Waals surface area (Å²) in [5.74, 6) is -0.349. The molecule has 1 aliphatic rings. The first kappa shape index (κ1) is 24.9. The van der Waals surface area contributed by atoms with Crippen molar-refractivity contribution < 1.29 is 24.9 Å². The monoisotopic (exact) mass is 396 g/mol. The molecule has 1 fully saturated rings. The van der Waals surface area contributed by atoms with Crippen molar-refractivity contribution in [1.29, 1.82) is 0 Å². The number of hydrogen-bond acceptors (Lipinski definition) is 5. The highest BCUT2D eigenvalue weighted by atomic mass is 16.5. The summed E-state index contributed by atoms with van der Waals surface area (Å²) in [7, 11) is 0. The van der Waals surface area contributed by atoms with Crippen molar-refractivity contribution in [2.75, 3.05) is 0 Å². The number of allylic oxidation sites excluding steroid dienone is 2. The molecule has 5 heteroatoms. The second-order valence-electron chi connectivity index (χ2n) is 8.20. The fourth-order valence-corrected chi connectivity index (χ4v) is 3.72. The largest absolute Gasteiger partial charge is 0.463 e. The zero-order valence-corrected chi connectivity index (χ0v) is 17.8. The predicted molar refractivity (Wildman–Crippen MR) is 112 cm³/mol. The van der Waals surface area contributed by atoms with Gasteiger partial charge in [-0.15, -0.1) is 0 Å². The number of hydrogen-bond donors (Lipinski definition) is 3. The minimum Gasteiger partial charge on any atom is -0.463 e. The third kappa shape index (κ3) is 9.85. The Labute approximate surface area is 170 Å². The molecule has 28 heavy (non-hydrogen) atoms. The first-order valence-corrected chi connectivity index (χ1v) is 10.9. The highest BCUT2D eigenvalue weighted by Gasteiger charge is 2.39. The van der Waals surface area contributed by atoms with E-state index in [0.717, 1.165) is 38.5 Å². The second-order valence-corrected chi connectivity index (χ2v) is 8.20. The summed E-state index contributed by atoms with van der Waals surface area (Å²) in [6.45, 7) is 5.82. The average molecular weight is 397 g/mol. The number of rotatable bonds is 13. The Hall–Kier alpha value is -1.17. The Morgan fingerprint density at radius 2 is 1.89 bits per heavy atom. The van der Waals surface area contributed by atoms with E-state index in [-0.39, 0.29) is 23.9 Å². The van der Waals surface area contributed by atoms with Crippen LogP contribution in [-0.4, -0.2) is 45.7 Å². The lowest BCUT2D eigenvalue weighted by atomic mass is 9.89. The molecule has 0 radical (unpaired) electrons. The standard InChI is InChI=1S/C23H40O5/c1-4-5-8-11-18(24)14-15-20-19(21(25)16-22(20)26)12-9-6-7-10-13-23(27)28-17(2)3/h6,9,14-15,17-22,24-26H,4-5,7-8,10-13,16H2,1-3H3/b9-6-,15-14+/t18-,19+,20+,21-,22+/m0/s1. The summed E-state index contributed by atoms with van der Waals surface area (Å²) >= 11 is 0. The van der Waals surface area contributed by atoms with Crippen molar-refractivity contribution in [2.45, 2.75) is 103 Å². The van der Waals surface area contributed by atoms with Crippen molar-refractivity contribution in [2.24, 2.45) is 11.8 Å². The Morgan fingerprint density at radius 3 is 2.57 bits per heavy atom. The van der Waals surface area contributed by atoms with Gasteiger partial charge in [-0.1, -0.05) is 50.5 Å². The summed E-state index contributed by atoms with van der Waals surface area (Å²) in [4.78, 5) is 11.5. The van der Waals surface area contributed by atoms with Crippen molar-refractivity contribution in [1.82, 2.24) is 0 Å². The third-order valence-corrected chi connectivity index (χ3v) is 5.27. The average Bonchev–Trinajstić information content (AvgIpc) is 2.88. The second kappa shape index (κ2) is 13.9. The number of esters is 1. The van der Waals surface area contributed by atoms with E-state index in [9.17, 15) is 20.1 Å². The molecule has 1 rings (SSSR count). The summed E-state index contributed by atoms with van der Waals surface area (Å²) in [6, 6.07) is 0. The first-order chi connectivity index (χ1) is 13.3. The Bertz CT molecular complexity index is 485. The van der Waals surface area contributed by atoms with E-state index in [1.54, 1.807) is 6.08 Å². The number of carbonyl (C=O) groups excluding carboxylic acids is 1. The van der Waals surface area contributed by atoms with E-state index in [1.165, 1.54) is 0 Å². The van der Waals surface area contributed by atoms with Crippen LogP contribution >= 0.6 is 0 Å². The highest BCUT2D eigenvalue weighted by Crippen LogP contribution is 2.36. The van der Waals surface area contributed by atoms with Crippen LogP contribution in [0.3, 0.4) is 0 Å². The number of ether oxygens (including phenoxy) is 1. The van der Waals surface area contributed by atoms with E-state index in [2.05, 4.69) is 6.92 Å². The first-order valence-electron chi connectivity index (χ1n) is 10.9. The molecule has 0 unspecified atom stereocenters. The maximum Gasteiger partial charge on any atom is 0.306 e. The van der Waals surface area contributed by atoms with Gasteiger partial charge in [-0.25, -0.2) is 0 Å². The van der Waals surface area contributed by atoms with Gasteiger partial charge in [-0.05, 0) is 45.4 Å². The number of unbranched alkanes of at least 4 members (excludes halogenated alkanes) is 3. The van der Waals surface area contributed by atoms with Crippen LogP contribution in [0, 0.1) is 11.8 Å². The van der Waals surface area contributed by atoms with Crippen LogP contribution in [0.15, 0.2) is 24.3 Å². The maximum absolute atomic E-state index is 11.5. The van der Waals surface area contributed by atoms with E-state index in [1.807, 2.05) is 32.1 Å². The predicted octanol–water partition coefficient (Wildman–Crippen LogP) is 3.91. The molecule has 0 amide bonds. The Kier molecular flexibility index (Phi) is 12.4. The summed E-state index contributed by atoms with van der Waals surface area (Å²) < 4.78 is 5.10. The van der Waals surface area contributed by atoms with Gasteiger partial charge in [0.2, 0.25) is 0 Å². The van der Waals surface area contributed by atoms with Crippen LogP contribution in [0.2, 0.25) is 0 Å². The van der Waals surface area contributed by atoms with Crippen molar-refractivity contribution in [3.8, 4) is 0 Å². The SMILES string of the molecule is CCCCC[C@H](O)/C=C/[C@@H]1[C@@H](C/C=C\CCCC(=O)OC(C)C)[C@@H](O)C[C@H]1O. The van der Waals surface area contributed by atoms with E-state index in [0.29, 0.717) is 19.3 Å². The zero-order valence-electron chi connectivity index (χ0n) is 17.8. The topological polar surface area (TPSA) is 87.0 Å². The number of aliphatic hydroxyl groups is 3. The van der Waals surface area contributed by atoms with Crippen LogP contribution < -0.4 is 0 Å². The molecule has 0 aromatic heterocycles. The molecule has 1 saturated carbocycles. The van der Waals surface area contributed by atoms with Gasteiger partial charge in [-0.2, -0.15) is 0 Å². The number of aliphatic hydroxyl groups excluding tert-OH is 3. The lowest BCUT2D eigenvalue weighted by Gasteiger charge is -2.19. The zero-order chi connectivity index (χ0) is 20.9. The lowest BCUT2D eigenvalue weighted by molar-refractivity contribution is -0.147. The molecule has 0 spiro atoms. The lowest BCUT2D eigenvalue weighted by Crippen LogP contribution is -2.20. The van der Waals surface area contributed by atoms with Crippen LogP contribution in [0.1, 0.15) is 78.6 Å². The van der Waals surface area contributed by atoms with Gasteiger partial charge in [0.1, 0.15) is 0 Å². The van der Waals surface area contributed by atoms with Gasteiger partial charge >= 0.3 is 5.97 Å².